The first-order valence-corrected chi connectivity index (χ1v) is 7.32. The largest absolute Gasteiger partial charge is 0.486 e. The highest BCUT2D eigenvalue weighted by Crippen LogP contribution is 2.36. The SMILES string of the molecule is Cc1cc2c(cc1NC(=O)c1ccc3c(c1)OCO3)OCCO2. The van der Waals surface area contributed by atoms with Gasteiger partial charge in [-0.25, -0.2) is 0 Å². The zero-order valence-corrected chi connectivity index (χ0v) is 12.5. The second kappa shape index (κ2) is 5.39. The fourth-order valence-electron chi connectivity index (χ4n) is 2.56. The fourth-order valence-corrected chi connectivity index (χ4v) is 2.56. The molecule has 2 heterocycles. The average Bonchev–Trinajstić information content (AvgIpc) is 3.03. The Morgan fingerprint density at radius 3 is 2.43 bits per heavy atom. The third-order valence-corrected chi connectivity index (χ3v) is 3.77. The minimum Gasteiger partial charge on any atom is -0.486 e. The van der Waals surface area contributed by atoms with Gasteiger partial charge in [-0.05, 0) is 36.8 Å². The van der Waals surface area contributed by atoms with Crippen LogP contribution in [0.25, 0.3) is 0 Å². The van der Waals surface area contributed by atoms with Crippen LogP contribution in [-0.2, 0) is 0 Å². The van der Waals surface area contributed by atoms with E-state index in [9.17, 15) is 4.79 Å². The number of carbonyl (C=O) groups excluding carboxylic acids is 1. The molecule has 2 aromatic carbocycles. The smallest absolute Gasteiger partial charge is 0.255 e. The molecule has 118 valence electrons. The molecular weight excluding hydrogens is 298 g/mol. The number of carbonyl (C=O) groups is 1. The molecule has 1 amide bonds. The molecule has 0 aliphatic carbocycles. The molecule has 6 nitrogen and oxygen atoms in total. The number of fused-ring (bicyclic) bond motifs is 2. The number of ether oxygens (including phenoxy) is 4. The number of nitrogens with one attached hydrogen (secondary N) is 1. The van der Waals surface area contributed by atoms with Gasteiger partial charge in [0.1, 0.15) is 13.2 Å². The second-order valence-corrected chi connectivity index (χ2v) is 5.33. The first kappa shape index (κ1) is 13.8. The van der Waals surface area contributed by atoms with E-state index in [4.69, 9.17) is 18.9 Å². The first-order valence-electron chi connectivity index (χ1n) is 7.32. The van der Waals surface area contributed by atoms with Crippen LogP contribution in [0, 0.1) is 6.92 Å². The van der Waals surface area contributed by atoms with Crippen LogP contribution in [0.1, 0.15) is 15.9 Å². The maximum atomic E-state index is 12.5. The van der Waals surface area contributed by atoms with Crippen LogP contribution in [0.15, 0.2) is 30.3 Å². The monoisotopic (exact) mass is 313 g/mol. The number of benzene rings is 2. The molecule has 0 unspecified atom stereocenters. The Kier molecular flexibility index (Phi) is 3.22. The maximum Gasteiger partial charge on any atom is 0.255 e. The fraction of sp³-hybridized carbons (Fsp3) is 0.235. The van der Waals surface area contributed by atoms with Gasteiger partial charge in [-0.3, -0.25) is 4.79 Å². The molecule has 0 spiro atoms. The quantitative estimate of drug-likeness (QED) is 0.923. The number of rotatable bonds is 2. The van der Waals surface area contributed by atoms with Crippen molar-refractivity contribution in [1.29, 1.82) is 0 Å². The van der Waals surface area contributed by atoms with Gasteiger partial charge in [0.25, 0.3) is 5.91 Å². The molecule has 23 heavy (non-hydrogen) atoms. The minimum atomic E-state index is -0.219. The predicted octanol–water partition coefficient (Wildman–Crippen LogP) is 2.75. The van der Waals surface area contributed by atoms with Gasteiger partial charge in [-0.15, -0.1) is 0 Å². The molecular formula is C17H15NO5. The van der Waals surface area contributed by atoms with Crippen molar-refractivity contribution in [3.8, 4) is 23.0 Å². The molecule has 2 aliphatic heterocycles. The Hall–Kier alpha value is -2.89. The predicted molar refractivity (Wildman–Crippen MR) is 82.7 cm³/mol. The van der Waals surface area contributed by atoms with E-state index in [1.54, 1.807) is 24.3 Å². The molecule has 4 rings (SSSR count). The second-order valence-electron chi connectivity index (χ2n) is 5.33. The summed E-state index contributed by atoms with van der Waals surface area (Å²) in [7, 11) is 0. The van der Waals surface area contributed by atoms with Gasteiger partial charge in [0.05, 0.1) is 0 Å². The topological polar surface area (TPSA) is 66.0 Å². The summed E-state index contributed by atoms with van der Waals surface area (Å²) in [5.41, 5.74) is 2.10. The number of hydrogen-bond acceptors (Lipinski definition) is 5. The van der Waals surface area contributed by atoms with E-state index in [-0.39, 0.29) is 12.7 Å². The first-order chi connectivity index (χ1) is 11.2. The lowest BCUT2D eigenvalue weighted by atomic mass is 10.1. The summed E-state index contributed by atoms with van der Waals surface area (Å²) in [4.78, 5) is 12.5. The van der Waals surface area contributed by atoms with Gasteiger partial charge in [-0.1, -0.05) is 0 Å². The van der Waals surface area contributed by atoms with Gasteiger partial charge >= 0.3 is 0 Å². The van der Waals surface area contributed by atoms with Gasteiger partial charge in [0, 0.05) is 17.3 Å². The van der Waals surface area contributed by atoms with Crippen molar-refractivity contribution in [2.45, 2.75) is 6.92 Å². The van der Waals surface area contributed by atoms with Crippen LogP contribution >= 0.6 is 0 Å². The van der Waals surface area contributed by atoms with E-state index in [2.05, 4.69) is 5.32 Å². The van der Waals surface area contributed by atoms with E-state index in [0.717, 1.165) is 5.56 Å². The van der Waals surface area contributed by atoms with Crippen LogP contribution < -0.4 is 24.3 Å². The summed E-state index contributed by atoms with van der Waals surface area (Å²) in [5.74, 6) is 2.36. The van der Waals surface area contributed by atoms with Crippen molar-refractivity contribution in [2.75, 3.05) is 25.3 Å². The van der Waals surface area contributed by atoms with E-state index < -0.39 is 0 Å². The Bertz CT molecular complexity index is 787. The molecule has 0 aromatic heterocycles. The lowest BCUT2D eigenvalue weighted by molar-refractivity contribution is 0.102. The third-order valence-electron chi connectivity index (χ3n) is 3.77. The maximum absolute atomic E-state index is 12.5. The highest BCUT2D eigenvalue weighted by Gasteiger charge is 2.18. The van der Waals surface area contributed by atoms with E-state index >= 15 is 0 Å². The van der Waals surface area contributed by atoms with Gasteiger partial charge in [0.2, 0.25) is 6.79 Å². The third kappa shape index (κ3) is 2.52. The number of aryl methyl sites for hydroxylation is 1. The van der Waals surface area contributed by atoms with E-state index in [0.29, 0.717) is 47.5 Å². The van der Waals surface area contributed by atoms with Crippen molar-refractivity contribution in [3.63, 3.8) is 0 Å². The highest BCUT2D eigenvalue weighted by molar-refractivity contribution is 6.05. The number of anilines is 1. The summed E-state index contributed by atoms with van der Waals surface area (Å²) < 4.78 is 21.6. The Morgan fingerprint density at radius 1 is 0.913 bits per heavy atom. The molecule has 2 aromatic rings. The van der Waals surface area contributed by atoms with Gasteiger partial charge in [0.15, 0.2) is 23.0 Å². The van der Waals surface area contributed by atoms with Crippen LogP contribution in [0.4, 0.5) is 5.69 Å². The number of hydrogen-bond donors (Lipinski definition) is 1. The van der Waals surface area contributed by atoms with Crippen molar-refractivity contribution in [2.24, 2.45) is 0 Å². The van der Waals surface area contributed by atoms with Crippen molar-refractivity contribution in [3.05, 3.63) is 41.5 Å². The summed E-state index contributed by atoms with van der Waals surface area (Å²) >= 11 is 0. The Balaban J connectivity index is 1.59. The molecule has 0 bridgehead atoms. The molecule has 1 N–H and O–H groups in total. The summed E-state index contributed by atoms with van der Waals surface area (Å²) in [6.07, 6.45) is 0. The van der Waals surface area contributed by atoms with Crippen LogP contribution in [-0.4, -0.2) is 25.9 Å². The van der Waals surface area contributed by atoms with Crippen molar-refractivity contribution >= 4 is 11.6 Å². The van der Waals surface area contributed by atoms with Gasteiger partial charge < -0.3 is 24.3 Å². The van der Waals surface area contributed by atoms with Crippen LogP contribution in [0.3, 0.4) is 0 Å². The van der Waals surface area contributed by atoms with Crippen molar-refractivity contribution < 1.29 is 23.7 Å². The summed E-state index contributed by atoms with van der Waals surface area (Å²) in [5, 5.41) is 2.90. The lowest BCUT2D eigenvalue weighted by Gasteiger charge is -2.20. The van der Waals surface area contributed by atoms with E-state index in [1.807, 2.05) is 13.0 Å². The zero-order chi connectivity index (χ0) is 15.8. The average molecular weight is 313 g/mol. The van der Waals surface area contributed by atoms with Gasteiger partial charge in [-0.2, -0.15) is 0 Å². The molecule has 6 heteroatoms. The molecule has 0 saturated carbocycles. The standard InChI is InChI=1S/C17H15NO5/c1-10-6-14-16(21-5-4-20-14)8-12(10)18-17(19)11-2-3-13-15(7-11)23-9-22-13/h2-3,6-8H,4-5,9H2,1H3,(H,18,19). The number of amides is 1. The van der Waals surface area contributed by atoms with Crippen LogP contribution in [0.5, 0.6) is 23.0 Å². The highest BCUT2D eigenvalue weighted by atomic mass is 16.7. The normalized spacial score (nSPS) is 14.5. The lowest BCUT2D eigenvalue weighted by Crippen LogP contribution is -2.17. The van der Waals surface area contributed by atoms with Crippen LogP contribution in [0.2, 0.25) is 0 Å². The zero-order valence-electron chi connectivity index (χ0n) is 12.5. The molecule has 0 saturated heterocycles. The molecule has 2 aliphatic rings. The summed E-state index contributed by atoms with van der Waals surface area (Å²) in [6.45, 7) is 3.14. The van der Waals surface area contributed by atoms with Crippen molar-refractivity contribution in [1.82, 2.24) is 0 Å². The Labute approximate surface area is 132 Å². The minimum absolute atomic E-state index is 0.182. The molecule has 0 radical (unpaired) electrons. The molecule has 0 fully saturated rings. The molecule has 0 atom stereocenters. The summed E-state index contributed by atoms with van der Waals surface area (Å²) in [6, 6.07) is 8.76. The Morgan fingerprint density at radius 2 is 1.61 bits per heavy atom. The van der Waals surface area contributed by atoms with E-state index in [1.165, 1.54) is 0 Å².